The van der Waals surface area contributed by atoms with Crippen LogP contribution in [0.2, 0.25) is 0 Å². The van der Waals surface area contributed by atoms with E-state index in [4.69, 9.17) is 5.11 Å². The third-order valence-corrected chi connectivity index (χ3v) is 3.66. The van der Waals surface area contributed by atoms with Crippen LogP contribution in [0.4, 0.5) is 0 Å². The highest BCUT2D eigenvalue weighted by Gasteiger charge is 2.12. The lowest BCUT2D eigenvalue weighted by atomic mass is 10.2. The van der Waals surface area contributed by atoms with Gasteiger partial charge < -0.3 is 10.4 Å². The second-order valence-electron chi connectivity index (χ2n) is 4.38. The first-order valence-corrected chi connectivity index (χ1v) is 7.26. The Labute approximate surface area is 124 Å². The molecule has 7 nitrogen and oxygen atoms in total. The average Bonchev–Trinajstić information content (AvgIpc) is 3.13. The van der Waals surface area contributed by atoms with Crippen LogP contribution in [-0.2, 0) is 13.0 Å². The molecule has 0 aliphatic heterocycles. The van der Waals surface area contributed by atoms with Crippen molar-refractivity contribution < 1.29 is 9.90 Å². The minimum absolute atomic E-state index is 0.0512. The average molecular weight is 303 g/mol. The molecule has 0 fully saturated rings. The molecule has 0 unspecified atom stereocenters. The molecule has 0 aromatic carbocycles. The summed E-state index contributed by atoms with van der Waals surface area (Å²) in [5.41, 5.74) is 1.76. The van der Waals surface area contributed by atoms with Gasteiger partial charge in [-0.1, -0.05) is 0 Å². The van der Waals surface area contributed by atoms with E-state index < -0.39 is 0 Å². The Kier molecular flexibility index (Phi) is 3.89. The lowest BCUT2D eigenvalue weighted by molar-refractivity contribution is 0.0945. The second-order valence-corrected chi connectivity index (χ2v) is 5.36. The summed E-state index contributed by atoms with van der Waals surface area (Å²) in [6.45, 7) is 0.434. The summed E-state index contributed by atoms with van der Waals surface area (Å²) in [6.07, 6.45) is 5.64. The number of aliphatic hydroxyl groups excluding tert-OH is 1. The van der Waals surface area contributed by atoms with Gasteiger partial charge in [0.25, 0.3) is 5.91 Å². The Hall–Kier alpha value is -2.32. The van der Waals surface area contributed by atoms with Gasteiger partial charge in [0.05, 0.1) is 6.54 Å². The molecule has 0 atom stereocenters. The number of carbonyl (C=O) groups is 1. The van der Waals surface area contributed by atoms with Crippen molar-refractivity contribution in [3.63, 3.8) is 0 Å². The van der Waals surface area contributed by atoms with Crippen molar-refractivity contribution in [3.05, 3.63) is 46.3 Å². The Balaban J connectivity index is 1.75. The van der Waals surface area contributed by atoms with E-state index in [1.54, 1.807) is 29.2 Å². The molecule has 3 heterocycles. The first kappa shape index (κ1) is 13.7. The molecule has 0 bridgehead atoms. The van der Waals surface area contributed by atoms with E-state index in [-0.39, 0.29) is 12.5 Å². The van der Waals surface area contributed by atoms with Crippen molar-refractivity contribution in [3.8, 4) is 0 Å². The summed E-state index contributed by atoms with van der Waals surface area (Å²) in [7, 11) is 0. The molecule has 3 aromatic rings. The van der Waals surface area contributed by atoms with Gasteiger partial charge in [-0.05, 0) is 12.0 Å². The van der Waals surface area contributed by atoms with Crippen molar-refractivity contribution in [2.75, 3.05) is 6.61 Å². The summed E-state index contributed by atoms with van der Waals surface area (Å²) in [4.78, 5) is 20.4. The van der Waals surface area contributed by atoms with Crippen LogP contribution in [0.3, 0.4) is 0 Å². The van der Waals surface area contributed by atoms with Crippen LogP contribution in [0.1, 0.15) is 21.1 Å². The van der Waals surface area contributed by atoms with Gasteiger partial charge in [-0.2, -0.15) is 5.10 Å². The van der Waals surface area contributed by atoms with Gasteiger partial charge >= 0.3 is 0 Å². The molecule has 1 amide bonds. The molecular weight excluding hydrogens is 290 g/mol. The smallest absolute Gasteiger partial charge is 0.272 e. The number of hydrogen-bond acceptors (Lipinski definition) is 6. The van der Waals surface area contributed by atoms with E-state index in [1.165, 1.54) is 11.3 Å². The fourth-order valence-electron chi connectivity index (χ4n) is 1.87. The summed E-state index contributed by atoms with van der Waals surface area (Å²) >= 11 is 1.49. The maximum atomic E-state index is 12.0. The normalized spacial score (nSPS) is 10.9. The van der Waals surface area contributed by atoms with Gasteiger partial charge in [0.2, 0.25) is 0 Å². The predicted molar refractivity (Wildman–Crippen MR) is 77.1 cm³/mol. The third-order valence-electron chi connectivity index (χ3n) is 2.88. The molecule has 2 N–H and O–H groups in total. The molecule has 0 spiro atoms. The molecule has 8 heteroatoms. The molecule has 3 rings (SSSR count). The number of thiazole rings is 1. The van der Waals surface area contributed by atoms with Crippen LogP contribution < -0.4 is 5.32 Å². The number of aliphatic hydroxyl groups is 1. The lowest BCUT2D eigenvalue weighted by Gasteiger charge is -1.99. The van der Waals surface area contributed by atoms with Crippen LogP contribution in [0.5, 0.6) is 0 Å². The number of hydrogen-bond donors (Lipinski definition) is 2. The van der Waals surface area contributed by atoms with Crippen molar-refractivity contribution in [2.24, 2.45) is 0 Å². The van der Waals surface area contributed by atoms with Crippen molar-refractivity contribution in [1.82, 2.24) is 24.9 Å². The number of rotatable bonds is 5. The molecule has 0 aliphatic rings. The van der Waals surface area contributed by atoms with E-state index >= 15 is 0 Å². The Bertz CT molecular complexity index is 753. The van der Waals surface area contributed by atoms with Crippen molar-refractivity contribution in [1.29, 1.82) is 0 Å². The van der Waals surface area contributed by atoms with Crippen LogP contribution in [0.15, 0.2) is 30.0 Å². The van der Waals surface area contributed by atoms with E-state index in [2.05, 4.69) is 20.4 Å². The zero-order chi connectivity index (χ0) is 14.7. The Morgan fingerprint density at radius 2 is 2.33 bits per heavy atom. The number of fused-ring (bicyclic) bond motifs is 1. The summed E-state index contributed by atoms with van der Waals surface area (Å²) < 4.78 is 1.54. The minimum atomic E-state index is -0.264. The van der Waals surface area contributed by atoms with Gasteiger partial charge in [0, 0.05) is 36.6 Å². The number of amides is 1. The topological polar surface area (TPSA) is 92.4 Å². The molecule has 0 saturated heterocycles. The second kappa shape index (κ2) is 5.98. The standard InChI is InChI=1S/C13H13N5O2S/c19-3-1-9-6-15-11-5-10(17-18(11)8-9)13(20)16-7-12-14-2-4-21-12/h2,4-6,8,19H,1,3,7H2,(H,16,20). The zero-order valence-corrected chi connectivity index (χ0v) is 11.9. The van der Waals surface area contributed by atoms with Gasteiger partial charge in [-0.15, -0.1) is 11.3 Å². The highest BCUT2D eigenvalue weighted by atomic mass is 32.1. The monoisotopic (exact) mass is 303 g/mol. The third kappa shape index (κ3) is 3.06. The predicted octanol–water partition coefficient (Wildman–Crippen LogP) is 0.651. The first-order chi connectivity index (χ1) is 10.3. The molecule has 21 heavy (non-hydrogen) atoms. The van der Waals surface area contributed by atoms with E-state index in [0.717, 1.165) is 10.6 Å². The summed E-state index contributed by atoms with van der Waals surface area (Å²) in [6, 6.07) is 1.62. The maximum Gasteiger partial charge on any atom is 0.272 e. The van der Waals surface area contributed by atoms with E-state index in [9.17, 15) is 4.79 Å². The maximum absolute atomic E-state index is 12.0. The minimum Gasteiger partial charge on any atom is -0.396 e. The molecule has 0 saturated carbocycles. The number of aromatic nitrogens is 4. The molecule has 3 aromatic heterocycles. The van der Waals surface area contributed by atoms with Gasteiger partial charge in [0.15, 0.2) is 11.3 Å². The van der Waals surface area contributed by atoms with Gasteiger partial charge in [-0.3, -0.25) is 4.79 Å². The fraction of sp³-hybridized carbons (Fsp3) is 0.231. The quantitative estimate of drug-likeness (QED) is 0.722. The van der Waals surface area contributed by atoms with Crippen LogP contribution in [0, 0.1) is 0 Å². The zero-order valence-electron chi connectivity index (χ0n) is 11.1. The highest BCUT2D eigenvalue weighted by Crippen LogP contribution is 2.07. The SMILES string of the molecule is O=C(NCc1nccs1)c1cc2ncc(CCO)cn2n1. The van der Waals surface area contributed by atoms with Crippen molar-refractivity contribution >= 4 is 22.9 Å². The summed E-state index contributed by atoms with van der Waals surface area (Å²) in [5, 5.41) is 18.6. The summed E-state index contributed by atoms with van der Waals surface area (Å²) in [5.74, 6) is -0.264. The lowest BCUT2D eigenvalue weighted by Crippen LogP contribution is -2.23. The molecule has 108 valence electrons. The van der Waals surface area contributed by atoms with Crippen LogP contribution in [0.25, 0.3) is 5.65 Å². The fourth-order valence-corrected chi connectivity index (χ4v) is 2.43. The highest BCUT2D eigenvalue weighted by molar-refractivity contribution is 7.09. The van der Waals surface area contributed by atoms with E-state index in [1.807, 2.05) is 5.38 Å². The number of nitrogens with zero attached hydrogens (tertiary/aromatic N) is 4. The van der Waals surface area contributed by atoms with Crippen LogP contribution in [-0.4, -0.2) is 37.2 Å². The Morgan fingerprint density at radius 1 is 1.43 bits per heavy atom. The van der Waals surface area contributed by atoms with Gasteiger partial charge in [0.1, 0.15) is 5.01 Å². The van der Waals surface area contributed by atoms with Crippen molar-refractivity contribution in [2.45, 2.75) is 13.0 Å². The molecule has 0 radical (unpaired) electrons. The van der Waals surface area contributed by atoms with Gasteiger partial charge in [-0.25, -0.2) is 14.5 Å². The first-order valence-electron chi connectivity index (χ1n) is 6.38. The molecular formula is C13H13N5O2S. The number of nitrogens with one attached hydrogen (secondary N) is 1. The largest absolute Gasteiger partial charge is 0.396 e. The number of carbonyl (C=O) groups excluding carboxylic acids is 1. The molecule has 0 aliphatic carbocycles. The van der Waals surface area contributed by atoms with Crippen LogP contribution >= 0.6 is 11.3 Å². The van der Waals surface area contributed by atoms with E-state index in [0.29, 0.717) is 24.3 Å². The Morgan fingerprint density at radius 3 is 3.10 bits per heavy atom.